The van der Waals surface area contributed by atoms with Crippen LogP contribution in [0.5, 0.6) is 11.5 Å². The number of ether oxygens (including phenoxy) is 1. The first kappa shape index (κ1) is 23.9. The number of amides is 1. The number of benzene rings is 3. The first-order valence-corrected chi connectivity index (χ1v) is 11.1. The van der Waals surface area contributed by atoms with Crippen LogP contribution >= 0.6 is 0 Å². The van der Waals surface area contributed by atoms with Gasteiger partial charge in [-0.1, -0.05) is 42.5 Å². The first-order chi connectivity index (χ1) is 16.0. The largest absolute Gasteiger partial charge is 0.507 e. The summed E-state index contributed by atoms with van der Waals surface area (Å²) in [4.78, 5) is 23.3. The molecule has 0 aliphatic rings. The Balaban J connectivity index is 1.34. The van der Waals surface area contributed by atoms with E-state index in [2.05, 4.69) is 29.6 Å². The second kappa shape index (κ2) is 12.3. The molecule has 0 saturated heterocycles. The van der Waals surface area contributed by atoms with Crippen molar-refractivity contribution in [3.05, 3.63) is 89.5 Å². The molecule has 6 heteroatoms. The molecule has 0 aliphatic carbocycles. The molecule has 172 valence electrons. The monoisotopic (exact) mass is 447 g/mol. The Morgan fingerprint density at radius 3 is 2.27 bits per heavy atom. The third-order valence-electron chi connectivity index (χ3n) is 5.30. The lowest BCUT2D eigenvalue weighted by Crippen LogP contribution is -2.13. The van der Waals surface area contributed by atoms with Gasteiger partial charge in [0, 0.05) is 12.1 Å². The van der Waals surface area contributed by atoms with E-state index in [1.165, 1.54) is 23.8 Å². The van der Waals surface area contributed by atoms with E-state index in [1.54, 1.807) is 0 Å². The molecule has 0 fully saturated rings. The number of aromatic carboxylic acids is 1. The highest BCUT2D eigenvalue weighted by Gasteiger charge is 2.11. The number of carbonyl (C=O) groups is 2. The molecule has 0 heterocycles. The van der Waals surface area contributed by atoms with Crippen LogP contribution in [0.2, 0.25) is 0 Å². The summed E-state index contributed by atoms with van der Waals surface area (Å²) in [7, 11) is 0. The van der Waals surface area contributed by atoms with Gasteiger partial charge in [-0.25, -0.2) is 4.79 Å². The van der Waals surface area contributed by atoms with Gasteiger partial charge >= 0.3 is 5.97 Å². The van der Waals surface area contributed by atoms with Gasteiger partial charge in [-0.3, -0.25) is 4.79 Å². The maximum atomic E-state index is 12.2. The van der Waals surface area contributed by atoms with Crippen molar-refractivity contribution >= 4 is 17.6 Å². The van der Waals surface area contributed by atoms with Gasteiger partial charge in [-0.2, -0.15) is 0 Å². The van der Waals surface area contributed by atoms with E-state index < -0.39 is 5.97 Å². The fraction of sp³-hybridized carbons (Fsp3) is 0.259. The zero-order valence-electron chi connectivity index (χ0n) is 18.5. The summed E-state index contributed by atoms with van der Waals surface area (Å²) in [5.74, 6) is -1.00. The lowest BCUT2D eigenvalue weighted by atomic mass is 10.1. The SMILES string of the molecule is O=C(CCc1ccc(OCCCCCc2ccccc2)cc1)Nc1ccc(O)c(C(=O)O)c1. The summed E-state index contributed by atoms with van der Waals surface area (Å²) in [6, 6.07) is 22.2. The highest BCUT2D eigenvalue weighted by molar-refractivity contribution is 5.95. The van der Waals surface area contributed by atoms with Crippen molar-refractivity contribution in [3.63, 3.8) is 0 Å². The van der Waals surface area contributed by atoms with Crippen LogP contribution in [-0.2, 0) is 17.6 Å². The van der Waals surface area contributed by atoms with Gasteiger partial charge in [0.2, 0.25) is 5.91 Å². The fourth-order valence-electron chi connectivity index (χ4n) is 3.46. The highest BCUT2D eigenvalue weighted by atomic mass is 16.5. The number of unbranched alkanes of at least 4 members (excludes halogenated alkanes) is 2. The molecule has 0 aromatic heterocycles. The summed E-state index contributed by atoms with van der Waals surface area (Å²) in [5, 5.41) is 21.3. The number of anilines is 1. The zero-order chi connectivity index (χ0) is 23.5. The van der Waals surface area contributed by atoms with Crippen LogP contribution in [0.4, 0.5) is 5.69 Å². The normalized spacial score (nSPS) is 10.5. The van der Waals surface area contributed by atoms with Gasteiger partial charge < -0.3 is 20.3 Å². The van der Waals surface area contributed by atoms with Crippen molar-refractivity contribution in [3.8, 4) is 11.5 Å². The van der Waals surface area contributed by atoms with Crippen molar-refractivity contribution in [2.24, 2.45) is 0 Å². The van der Waals surface area contributed by atoms with Crippen LogP contribution in [0.25, 0.3) is 0 Å². The van der Waals surface area contributed by atoms with Gasteiger partial charge in [0.15, 0.2) is 0 Å². The molecule has 0 bridgehead atoms. The number of rotatable bonds is 12. The lowest BCUT2D eigenvalue weighted by Gasteiger charge is -2.09. The van der Waals surface area contributed by atoms with Gasteiger partial charge in [-0.15, -0.1) is 0 Å². The Labute approximate surface area is 193 Å². The van der Waals surface area contributed by atoms with E-state index in [9.17, 15) is 14.7 Å². The predicted molar refractivity (Wildman–Crippen MR) is 128 cm³/mol. The zero-order valence-corrected chi connectivity index (χ0v) is 18.5. The molecule has 6 nitrogen and oxygen atoms in total. The molecule has 3 rings (SSSR count). The van der Waals surface area contributed by atoms with Crippen LogP contribution in [0.1, 0.15) is 47.2 Å². The molecule has 33 heavy (non-hydrogen) atoms. The Hall–Kier alpha value is -3.80. The molecular weight excluding hydrogens is 418 g/mol. The fourth-order valence-corrected chi connectivity index (χ4v) is 3.46. The number of aryl methyl sites for hydroxylation is 2. The number of aromatic hydroxyl groups is 1. The number of hydrogen-bond donors (Lipinski definition) is 3. The van der Waals surface area contributed by atoms with Crippen LogP contribution in [-0.4, -0.2) is 28.7 Å². The molecule has 0 atom stereocenters. The number of hydrogen-bond acceptors (Lipinski definition) is 4. The Bertz CT molecular complexity index is 1050. The standard InChI is InChI=1S/C27H29NO5/c29-25-16-13-22(19-24(25)27(31)32)28-26(30)17-12-21-10-14-23(15-11-21)33-18-6-2-5-9-20-7-3-1-4-8-20/h1,3-4,7-8,10-11,13-16,19,29H,2,5-6,9,12,17-18H2,(H,28,30)(H,31,32). The van der Waals surface area contributed by atoms with Crippen molar-refractivity contribution in [2.45, 2.75) is 38.5 Å². The lowest BCUT2D eigenvalue weighted by molar-refractivity contribution is -0.116. The van der Waals surface area contributed by atoms with E-state index in [0.717, 1.165) is 37.0 Å². The van der Waals surface area contributed by atoms with Crippen LogP contribution in [0.15, 0.2) is 72.8 Å². The number of nitrogens with one attached hydrogen (secondary N) is 1. The highest BCUT2D eigenvalue weighted by Crippen LogP contribution is 2.22. The summed E-state index contributed by atoms with van der Waals surface area (Å²) in [6.07, 6.45) is 5.18. The smallest absolute Gasteiger partial charge is 0.339 e. The van der Waals surface area contributed by atoms with Crippen LogP contribution < -0.4 is 10.1 Å². The summed E-state index contributed by atoms with van der Waals surface area (Å²) >= 11 is 0. The van der Waals surface area contributed by atoms with Gasteiger partial charge in [0.05, 0.1) is 6.61 Å². The topological polar surface area (TPSA) is 95.9 Å². The maximum Gasteiger partial charge on any atom is 0.339 e. The number of phenols is 1. The Morgan fingerprint density at radius 2 is 1.55 bits per heavy atom. The van der Waals surface area contributed by atoms with Crippen molar-refractivity contribution in [2.75, 3.05) is 11.9 Å². The maximum absolute atomic E-state index is 12.2. The average molecular weight is 448 g/mol. The summed E-state index contributed by atoms with van der Waals surface area (Å²) in [6.45, 7) is 0.682. The minimum absolute atomic E-state index is 0.229. The number of carboxylic acids is 1. The van der Waals surface area contributed by atoms with Crippen LogP contribution in [0.3, 0.4) is 0 Å². The molecule has 3 aromatic carbocycles. The molecule has 0 spiro atoms. The van der Waals surface area contributed by atoms with E-state index in [1.807, 2.05) is 30.3 Å². The quantitative estimate of drug-likeness (QED) is 0.253. The van der Waals surface area contributed by atoms with Crippen molar-refractivity contribution < 1.29 is 24.5 Å². The minimum atomic E-state index is -1.25. The van der Waals surface area contributed by atoms with Gasteiger partial charge in [0.1, 0.15) is 17.1 Å². The van der Waals surface area contributed by atoms with Gasteiger partial charge in [-0.05, 0) is 73.6 Å². The molecule has 1 amide bonds. The molecule has 3 aromatic rings. The third kappa shape index (κ3) is 8.00. The van der Waals surface area contributed by atoms with E-state index in [-0.39, 0.29) is 23.6 Å². The number of carbonyl (C=O) groups excluding carboxylic acids is 1. The van der Waals surface area contributed by atoms with Crippen molar-refractivity contribution in [1.29, 1.82) is 0 Å². The first-order valence-electron chi connectivity index (χ1n) is 11.1. The second-order valence-electron chi connectivity index (χ2n) is 7.87. The van der Waals surface area contributed by atoms with Crippen molar-refractivity contribution in [1.82, 2.24) is 0 Å². The van der Waals surface area contributed by atoms with E-state index in [0.29, 0.717) is 18.7 Å². The Kier molecular flexibility index (Phi) is 8.88. The third-order valence-corrected chi connectivity index (χ3v) is 5.30. The van der Waals surface area contributed by atoms with Gasteiger partial charge in [0.25, 0.3) is 0 Å². The molecule has 0 saturated carbocycles. The molecule has 3 N–H and O–H groups in total. The summed E-state index contributed by atoms with van der Waals surface area (Å²) < 4.78 is 5.81. The molecule has 0 aliphatic heterocycles. The Morgan fingerprint density at radius 1 is 0.818 bits per heavy atom. The number of carboxylic acid groups (broad SMARTS) is 1. The van der Waals surface area contributed by atoms with E-state index in [4.69, 9.17) is 9.84 Å². The second-order valence-corrected chi connectivity index (χ2v) is 7.87. The molecule has 0 unspecified atom stereocenters. The van der Waals surface area contributed by atoms with E-state index >= 15 is 0 Å². The predicted octanol–water partition coefficient (Wildman–Crippen LogP) is 5.45. The molecular formula is C27H29NO5. The van der Waals surface area contributed by atoms with Crippen LogP contribution in [0, 0.1) is 0 Å². The summed E-state index contributed by atoms with van der Waals surface area (Å²) in [5.41, 5.74) is 2.47. The molecule has 0 radical (unpaired) electrons. The average Bonchev–Trinajstić information content (AvgIpc) is 2.82. The minimum Gasteiger partial charge on any atom is -0.507 e.